The first-order valence-electron chi connectivity index (χ1n) is 7.70. The number of amides is 1. The maximum Gasteiger partial charge on any atom is 0.410 e. The normalized spacial score (nSPS) is 16.7. The van der Waals surface area contributed by atoms with Crippen molar-refractivity contribution in [1.29, 1.82) is 0 Å². The Morgan fingerprint density at radius 3 is 2.41 bits per heavy atom. The van der Waals surface area contributed by atoms with E-state index < -0.39 is 5.60 Å². The minimum absolute atomic E-state index is 0.213. The van der Waals surface area contributed by atoms with Crippen molar-refractivity contribution in [2.24, 2.45) is 0 Å². The van der Waals surface area contributed by atoms with Gasteiger partial charge in [0.25, 0.3) is 0 Å². The fourth-order valence-corrected chi connectivity index (χ4v) is 2.72. The van der Waals surface area contributed by atoms with E-state index in [9.17, 15) is 4.79 Å². The van der Waals surface area contributed by atoms with Crippen LogP contribution in [-0.2, 0) is 11.3 Å². The summed E-state index contributed by atoms with van der Waals surface area (Å²) in [4.78, 5) is 16.2. The van der Waals surface area contributed by atoms with Crippen LogP contribution in [0.5, 0.6) is 0 Å². The van der Waals surface area contributed by atoms with Gasteiger partial charge in [0.05, 0.1) is 0 Å². The molecule has 1 aliphatic rings. The molecule has 0 N–H and O–H groups in total. The van der Waals surface area contributed by atoms with E-state index in [1.807, 2.05) is 32.9 Å². The molecule has 1 fully saturated rings. The molecule has 0 radical (unpaired) electrons. The summed E-state index contributed by atoms with van der Waals surface area (Å²) in [5, 5.41) is 0.774. The molecule has 122 valence electrons. The van der Waals surface area contributed by atoms with E-state index in [2.05, 4.69) is 17.9 Å². The number of aryl methyl sites for hydroxylation is 1. The number of piperazine rings is 1. The molecule has 0 unspecified atom stereocenters. The second-order valence-corrected chi connectivity index (χ2v) is 7.25. The highest BCUT2D eigenvalue weighted by Gasteiger charge is 2.25. The van der Waals surface area contributed by atoms with Gasteiger partial charge >= 0.3 is 6.09 Å². The van der Waals surface area contributed by atoms with Crippen molar-refractivity contribution >= 4 is 17.7 Å². The zero-order valence-electron chi connectivity index (χ0n) is 13.9. The number of hydrogen-bond donors (Lipinski definition) is 0. The molecule has 0 aromatic heterocycles. The third kappa shape index (κ3) is 4.89. The summed E-state index contributed by atoms with van der Waals surface area (Å²) in [5.74, 6) is 0. The maximum atomic E-state index is 12.0. The second-order valence-electron chi connectivity index (χ2n) is 6.81. The van der Waals surface area contributed by atoms with Crippen LogP contribution in [0.15, 0.2) is 18.2 Å². The lowest BCUT2D eigenvalue weighted by Gasteiger charge is -2.35. The third-order valence-corrected chi connectivity index (χ3v) is 3.96. The smallest absolute Gasteiger partial charge is 0.410 e. The number of benzene rings is 1. The first-order valence-corrected chi connectivity index (χ1v) is 8.08. The summed E-state index contributed by atoms with van der Waals surface area (Å²) in [6, 6.07) is 6.01. The number of carbonyl (C=O) groups excluding carboxylic acids is 1. The third-order valence-electron chi connectivity index (χ3n) is 3.72. The van der Waals surface area contributed by atoms with Gasteiger partial charge in [0.15, 0.2) is 0 Å². The van der Waals surface area contributed by atoms with Crippen molar-refractivity contribution in [3.63, 3.8) is 0 Å². The van der Waals surface area contributed by atoms with Crippen molar-refractivity contribution in [2.75, 3.05) is 26.2 Å². The number of carbonyl (C=O) groups is 1. The van der Waals surface area contributed by atoms with Crippen LogP contribution in [0.3, 0.4) is 0 Å². The monoisotopic (exact) mass is 324 g/mol. The lowest BCUT2D eigenvalue weighted by atomic mass is 10.1. The van der Waals surface area contributed by atoms with Gasteiger partial charge in [-0.3, -0.25) is 4.90 Å². The molecule has 2 rings (SSSR count). The predicted molar refractivity (Wildman–Crippen MR) is 89.3 cm³/mol. The van der Waals surface area contributed by atoms with Gasteiger partial charge in [0.1, 0.15) is 5.60 Å². The van der Waals surface area contributed by atoms with Crippen LogP contribution in [-0.4, -0.2) is 47.7 Å². The van der Waals surface area contributed by atoms with E-state index >= 15 is 0 Å². The number of halogens is 1. The average Bonchev–Trinajstić information content (AvgIpc) is 2.41. The van der Waals surface area contributed by atoms with Gasteiger partial charge in [-0.05, 0) is 51.0 Å². The SMILES string of the molecule is Cc1cc(Cl)ccc1CN1CCN(C(=O)OC(C)(C)C)CC1. The van der Waals surface area contributed by atoms with Crippen molar-refractivity contribution in [1.82, 2.24) is 9.80 Å². The van der Waals surface area contributed by atoms with Gasteiger partial charge in [0, 0.05) is 37.7 Å². The van der Waals surface area contributed by atoms with Crippen LogP contribution in [0.1, 0.15) is 31.9 Å². The van der Waals surface area contributed by atoms with Crippen LogP contribution in [0.4, 0.5) is 4.79 Å². The van der Waals surface area contributed by atoms with E-state index in [1.54, 1.807) is 4.90 Å². The Balaban J connectivity index is 1.86. The highest BCUT2D eigenvalue weighted by atomic mass is 35.5. The van der Waals surface area contributed by atoms with Gasteiger partial charge in [-0.1, -0.05) is 17.7 Å². The quantitative estimate of drug-likeness (QED) is 0.831. The van der Waals surface area contributed by atoms with Crippen LogP contribution >= 0.6 is 11.6 Å². The Kier molecular flexibility index (Phi) is 5.35. The van der Waals surface area contributed by atoms with Gasteiger partial charge in [0.2, 0.25) is 0 Å². The highest BCUT2D eigenvalue weighted by molar-refractivity contribution is 6.30. The average molecular weight is 325 g/mol. The maximum absolute atomic E-state index is 12.0. The summed E-state index contributed by atoms with van der Waals surface area (Å²) in [7, 11) is 0. The van der Waals surface area contributed by atoms with Crippen LogP contribution in [0.25, 0.3) is 0 Å². The Morgan fingerprint density at radius 2 is 1.86 bits per heavy atom. The van der Waals surface area contributed by atoms with Gasteiger partial charge < -0.3 is 9.64 Å². The molecule has 5 heteroatoms. The minimum atomic E-state index is -0.436. The number of ether oxygens (including phenoxy) is 1. The lowest BCUT2D eigenvalue weighted by molar-refractivity contribution is 0.0139. The molecule has 1 amide bonds. The topological polar surface area (TPSA) is 32.8 Å². The summed E-state index contributed by atoms with van der Waals surface area (Å²) in [5.41, 5.74) is 2.06. The van der Waals surface area contributed by atoms with Crippen LogP contribution in [0.2, 0.25) is 5.02 Å². The van der Waals surface area contributed by atoms with Gasteiger partial charge in [-0.2, -0.15) is 0 Å². The molecular weight excluding hydrogens is 300 g/mol. The summed E-state index contributed by atoms with van der Waals surface area (Å²) in [6.07, 6.45) is -0.213. The zero-order valence-corrected chi connectivity index (χ0v) is 14.6. The van der Waals surface area contributed by atoms with Crippen LogP contribution in [0, 0.1) is 6.92 Å². The molecule has 1 aromatic carbocycles. The first kappa shape index (κ1) is 17.1. The van der Waals surface area contributed by atoms with Crippen molar-refractivity contribution in [3.8, 4) is 0 Å². The van der Waals surface area contributed by atoms with E-state index in [0.29, 0.717) is 13.1 Å². The molecule has 1 aliphatic heterocycles. The largest absolute Gasteiger partial charge is 0.444 e. The molecule has 0 saturated carbocycles. The van der Waals surface area contributed by atoms with Gasteiger partial charge in [-0.25, -0.2) is 4.79 Å². The molecule has 1 aromatic rings. The Hall–Kier alpha value is -1.26. The van der Waals surface area contributed by atoms with Crippen LogP contribution < -0.4 is 0 Å². The number of rotatable bonds is 2. The Bertz CT molecular complexity index is 532. The molecule has 0 bridgehead atoms. The van der Waals surface area contributed by atoms with Gasteiger partial charge in [-0.15, -0.1) is 0 Å². The highest BCUT2D eigenvalue weighted by Crippen LogP contribution is 2.18. The second kappa shape index (κ2) is 6.88. The molecule has 0 spiro atoms. The molecule has 4 nitrogen and oxygen atoms in total. The van der Waals surface area contributed by atoms with E-state index in [-0.39, 0.29) is 6.09 Å². The Morgan fingerprint density at radius 1 is 1.23 bits per heavy atom. The van der Waals surface area contributed by atoms with E-state index in [1.165, 1.54) is 11.1 Å². The predicted octanol–water partition coefficient (Wildman–Crippen LogP) is 3.70. The molecule has 0 atom stereocenters. The van der Waals surface area contributed by atoms with Crippen molar-refractivity contribution in [2.45, 2.75) is 39.8 Å². The molecule has 1 saturated heterocycles. The fourth-order valence-electron chi connectivity index (χ4n) is 2.49. The molecule has 22 heavy (non-hydrogen) atoms. The fraction of sp³-hybridized carbons (Fsp3) is 0.588. The molecular formula is C17H25ClN2O2. The molecule has 1 heterocycles. The summed E-state index contributed by atoms with van der Waals surface area (Å²) in [6.45, 7) is 11.8. The molecule has 0 aliphatic carbocycles. The number of hydrogen-bond acceptors (Lipinski definition) is 3. The Labute approximate surface area is 138 Å². The van der Waals surface area contributed by atoms with E-state index in [0.717, 1.165) is 24.7 Å². The summed E-state index contributed by atoms with van der Waals surface area (Å²) >= 11 is 5.99. The standard InChI is InChI=1S/C17H25ClN2O2/c1-13-11-15(18)6-5-14(13)12-19-7-9-20(10-8-19)16(21)22-17(2,3)4/h5-6,11H,7-10,12H2,1-4H3. The zero-order chi connectivity index (χ0) is 16.3. The minimum Gasteiger partial charge on any atom is -0.444 e. The summed E-state index contributed by atoms with van der Waals surface area (Å²) < 4.78 is 5.42. The lowest BCUT2D eigenvalue weighted by Crippen LogP contribution is -2.49. The van der Waals surface area contributed by atoms with Crippen molar-refractivity contribution in [3.05, 3.63) is 34.3 Å². The number of nitrogens with zero attached hydrogens (tertiary/aromatic N) is 2. The first-order chi connectivity index (χ1) is 10.2. The van der Waals surface area contributed by atoms with E-state index in [4.69, 9.17) is 16.3 Å². The van der Waals surface area contributed by atoms with Crippen molar-refractivity contribution < 1.29 is 9.53 Å².